The van der Waals surface area contributed by atoms with Crippen molar-refractivity contribution in [3.05, 3.63) is 28.2 Å². The Labute approximate surface area is 106 Å². The minimum atomic E-state index is -0.00782. The van der Waals surface area contributed by atoms with Crippen molar-refractivity contribution in [1.29, 1.82) is 0 Å². The summed E-state index contributed by atoms with van der Waals surface area (Å²) in [5.74, 6) is 1.56. The summed E-state index contributed by atoms with van der Waals surface area (Å²) in [6.45, 7) is 7.10. The molecule has 0 amide bonds. The minimum absolute atomic E-state index is 0.00782. The molecule has 1 aromatic carbocycles. The second-order valence-electron chi connectivity index (χ2n) is 4.50. The largest absolute Gasteiger partial charge is 0.493 e. The Morgan fingerprint density at radius 1 is 1.31 bits per heavy atom. The Kier molecular flexibility index (Phi) is 5.29. The fraction of sp³-hybridized carbons (Fsp3) is 0.538. The van der Waals surface area contributed by atoms with Crippen molar-refractivity contribution in [2.75, 3.05) is 6.61 Å². The summed E-state index contributed by atoms with van der Waals surface area (Å²) in [6.07, 6.45) is 1.06. The third kappa shape index (κ3) is 4.14. The van der Waals surface area contributed by atoms with E-state index in [1.165, 1.54) is 0 Å². The molecule has 0 saturated carbocycles. The SMILES string of the molecule is CC(C)CCOc1ccc(Br)cc1[C@H](C)N. The van der Waals surface area contributed by atoms with E-state index in [1.807, 2.05) is 25.1 Å². The normalized spacial score (nSPS) is 12.9. The molecule has 0 radical (unpaired) electrons. The highest BCUT2D eigenvalue weighted by Gasteiger charge is 2.08. The van der Waals surface area contributed by atoms with E-state index in [1.54, 1.807) is 0 Å². The van der Waals surface area contributed by atoms with Crippen LogP contribution < -0.4 is 10.5 Å². The Morgan fingerprint density at radius 2 is 2.00 bits per heavy atom. The van der Waals surface area contributed by atoms with E-state index < -0.39 is 0 Å². The van der Waals surface area contributed by atoms with E-state index in [9.17, 15) is 0 Å². The lowest BCUT2D eigenvalue weighted by molar-refractivity contribution is 0.285. The van der Waals surface area contributed by atoms with Crippen LogP contribution in [-0.4, -0.2) is 6.61 Å². The van der Waals surface area contributed by atoms with Gasteiger partial charge >= 0.3 is 0 Å². The lowest BCUT2D eigenvalue weighted by Gasteiger charge is -2.15. The van der Waals surface area contributed by atoms with Crippen LogP contribution in [0.4, 0.5) is 0 Å². The summed E-state index contributed by atoms with van der Waals surface area (Å²) in [5.41, 5.74) is 6.97. The van der Waals surface area contributed by atoms with Crippen molar-refractivity contribution in [2.45, 2.75) is 33.2 Å². The summed E-state index contributed by atoms with van der Waals surface area (Å²) in [5, 5.41) is 0. The Morgan fingerprint density at radius 3 is 2.56 bits per heavy atom. The van der Waals surface area contributed by atoms with Gasteiger partial charge in [0.15, 0.2) is 0 Å². The van der Waals surface area contributed by atoms with Crippen LogP contribution in [-0.2, 0) is 0 Å². The van der Waals surface area contributed by atoms with Gasteiger partial charge in [0.1, 0.15) is 5.75 Å². The standard InChI is InChI=1S/C13H20BrNO/c1-9(2)6-7-16-13-5-4-11(14)8-12(13)10(3)15/h4-5,8-10H,6-7,15H2,1-3H3/t10-/m0/s1. The maximum atomic E-state index is 5.91. The Bertz CT molecular complexity index is 337. The molecule has 1 rings (SSSR count). The molecule has 0 fully saturated rings. The molecule has 0 aliphatic carbocycles. The molecule has 0 aliphatic rings. The first kappa shape index (κ1) is 13.5. The Balaban J connectivity index is 2.71. The number of nitrogens with two attached hydrogens (primary N) is 1. The van der Waals surface area contributed by atoms with E-state index in [0.717, 1.165) is 28.8 Å². The first-order valence-corrected chi connectivity index (χ1v) is 6.48. The number of hydrogen-bond acceptors (Lipinski definition) is 2. The zero-order valence-corrected chi connectivity index (χ0v) is 11.8. The van der Waals surface area contributed by atoms with Gasteiger partial charge in [-0.1, -0.05) is 29.8 Å². The van der Waals surface area contributed by atoms with Gasteiger partial charge < -0.3 is 10.5 Å². The molecular formula is C13H20BrNO. The molecule has 0 heterocycles. The van der Waals surface area contributed by atoms with Gasteiger partial charge in [0.05, 0.1) is 6.61 Å². The van der Waals surface area contributed by atoms with Crippen LogP contribution in [0.2, 0.25) is 0 Å². The fourth-order valence-corrected chi connectivity index (χ4v) is 1.79. The molecule has 2 nitrogen and oxygen atoms in total. The van der Waals surface area contributed by atoms with Crippen LogP contribution in [0.3, 0.4) is 0 Å². The van der Waals surface area contributed by atoms with Crippen molar-refractivity contribution < 1.29 is 4.74 Å². The van der Waals surface area contributed by atoms with Gasteiger partial charge in [-0.15, -0.1) is 0 Å². The predicted octanol–water partition coefficient (Wildman–Crippen LogP) is 3.89. The smallest absolute Gasteiger partial charge is 0.124 e. The van der Waals surface area contributed by atoms with Gasteiger partial charge in [0.25, 0.3) is 0 Å². The van der Waals surface area contributed by atoms with E-state index in [-0.39, 0.29) is 6.04 Å². The summed E-state index contributed by atoms with van der Waals surface area (Å²) >= 11 is 3.44. The lowest BCUT2D eigenvalue weighted by Crippen LogP contribution is -2.09. The van der Waals surface area contributed by atoms with E-state index in [2.05, 4.69) is 29.8 Å². The molecule has 0 bridgehead atoms. The molecule has 0 spiro atoms. The first-order chi connectivity index (χ1) is 7.50. The van der Waals surface area contributed by atoms with Gasteiger partial charge in [-0.2, -0.15) is 0 Å². The number of benzene rings is 1. The highest BCUT2D eigenvalue weighted by molar-refractivity contribution is 9.10. The molecular weight excluding hydrogens is 266 g/mol. The molecule has 90 valence electrons. The number of halogens is 1. The van der Waals surface area contributed by atoms with Gasteiger partial charge in [0, 0.05) is 16.1 Å². The third-order valence-electron chi connectivity index (χ3n) is 2.42. The number of ether oxygens (including phenoxy) is 1. The van der Waals surface area contributed by atoms with E-state index in [4.69, 9.17) is 10.5 Å². The van der Waals surface area contributed by atoms with E-state index in [0.29, 0.717) is 5.92 Å². The van der Waals surface area contributed by atoms with Gasteiger partial charge in [-0.25, -0.2) is 0 Å². The van der Waals surface area contributed by atoms with Crippen LogP contribution in [0.15, 0.2) is 22.7 Å². The van der Waals surface area contributed by atoms with Crippen LogP contribution in [0.1, 0.15) is 38.8 Å². The molecule has 1 aromatic rings. The molecule has 0 saturated heterocycles. The van der Waals surface area contributed by atoms with Gasteiger partial charge in [-0.3, -0.25) is 0 Å². The monoisotopic (exact) mass is 285 g/mol. The van der Waals surface area contributed by atoms with Crippen molar-refractivity contribution in [3.8, 4) is 5.75 Å². The highest BCUT2D eigenvalue weighted by Crippen LogP contribution is 2.27. The average molecular weight is 286 g/mol. The van der Waals surface area contributed by atoms with Crippen molar-refractivity contribution in [2.24, 2.45) is 11.7 Å². The molecule has 0 aromatic heterocycles. The topological polar surface area (TPSA) is 35.2 Å². The zero-order chi connectivity index (χ0) is 12.1. The zero-order valence-electron chi connectivity index (χ0n) is 10.2. The second kappa shape index (κ2) is 6.26. The molecule has 16 heavy (non-hydrogen) atoms. The summed E-state index contributed by atoms with van der Waals surface area (Å²) in [7, 11) is 0. The molecule has 1 atom stereocenters. The summed E-state index contributed by atoms with van der Waals surface area (Å²) in [6, 6.07) is 5.97. The first-order valence-electron chi connectivity index (χ1n) is 5.68. The van der Waals surface area contributed by atoms with Crippen molar-refractivity contribution in [1.82, 2.24) is 0 Å². The van der Waals surface area contributed by atoms with Crippen molar-refractivity contribution in [3.63, 3.8) is 0 Å². The molecule has 2 N–H and O–H groups in total. The average Bonchev–Trinajstić information content (AvgIpc) is 2.19. The van der Waals surface area contributed by atoms with Crippen molar-refractivity contribution >= 4 is 15.9 Å². The third-order valence-corrected chi connectivity index (χ3v) is 2.91. The lowest BCUT2D eigenvalue weighted by atomic mass is 10.1. The molecule has 0 unspecified atom stereocenters. The fourth-order valence-electron chi connectivity index (χ4n) is 1.41. The Hall–Kier alpha value is -0.540. The molecule has 0 aliphatic heterocycles. The van der Waals surface area contributed by atoms with Crippen LogP contribution >= 0.6 is 15.9 Å². The van der Waals surface area contributed by atoms with Gasteiger partial charge in [-0.05, 0) is 37.5 Å². The predicted molar refractivity (Wildman–Crippen MR) is 71.7 cm³/mol. The van der Waals surface area contributed by atoms with Gasteiger partial charge in [0.2, 0.25) is 0 Å². The summed E-state index contributed by atoms with van der Waals surface area (Å²) < 4.78 is 6.80. The van der Waals surface area contributed by atoms with E-state index >= 15 is 0 Å². The maximum absolute atomic E-state index is 5.91. The summed E-state index contributed by atoms with van der Waals surface area (Å²) in [4.78, 5) is 0. The maximum Gasteiger partial charge on any atom is 0.124 e. The number of hydrogen-bond donors (Lipinski definition) is 1. The van der Waals surface area contributed by atoms with Crippen LogP contribution in [0, 0.1) is 5.92 Å². The van der Waals surface area contributed by atoms with Crippen LogP contribution in [0.25, 0.3) is 0 Å². The second-order valence-corrected chi connectivity index (χ2v) is 5.42. The highest BCUT2D eigenvalue weighted by atomic mass is 79.9. The molecule has 3 heteroatoms. The minimum Gasteiger partial charge on any atom is -0.493 e. The van der Waals surface area contributed by atoms with Crippen LogP contribution in [0.5, 0.6) is 5.75 Å². The quantitative estimate of drug-likeness (QED) is 0.891. The number of rotatable bonds is 5.